The topological polar surface area (TPSA) is 60.1 Å². The van der Waals surface area contributed by atoms with Crippen LogP contribution < -0.4 is 5.56 Å². The molecule has 0 bridgehead atoms. The van der Waals surface area contributed by atoms with Gasteiger partial charge in [0.2, 0.25) is 0 Å². The van der Waals surface area contributed by atoms with Gasteiger partial charge in [-0.25, -0.2) is 4.98 Å². The van der Waals surface area contributed by atoms with Gasteiger partial charge in [-0.15, -0.1) is 0 Å². The Bertz CT molecular complexity index is 1150. The number of hydrogen-bond acceptors (Lipinski definition) is 4. The van der Waals surface area contributed by atoms with E-state index in [1.54, 1.807) is 24.7 Å². The van der Waals surface area contributed by atoms with Crippen LogP contribution >= 0.6 is 0 Å². The molecule has 2 aromatic heterocycles. The van der Waals surface area contributed by atoms with E-state index in [2.05, 4.69) is 15.1 Å². The van der Waals surface area contributed by atoms with Gasteiger partial charge < -0.3 is 0 Å². The van der Waals surface area contributed by atoms with E-state index in [0.29, 0.717) is 16.7 Å². The van der Waals surface area contributed by atoms with Crippen LogP contribution in [0, 0.1) is 6.92 Å². The summed E-state index contributed by atoms with van der Waals surface area (Å²) in [7, 11) is 0. The fourth-order valence-electron chi connectivity index (χ4n) is 2.69. The maximum absolute atomic E-state index is 13.0. The number of para-hydroxylation sites is 1. The lowest BCUT2D eigenvalue weighted by Gasteiger charge is -2.09. The van der Waals surface area contributed by atoms with Crippen molar-refractivity contribution in [1.82, 2.24) is 14.6 Å². The molecule has 0 spiro atoms. The van der Waals surface area contributed by atoms with Gasteiger partial charge in [0.15, 0.2) is 5.82 Å². The van der Waals surface area contributed by atoms with Gasteiger partial charge in [0.05, 0.1) is 17.1 Å². The van der Waals surface area contributed by atoms with Crippen LogP contribution in [0.15, 0.2) is 83.0 Å². The van der Waals surface area contributed by atoms with Gasteiger partial charge in [-0.1, -0.05) is 42.0 Å². The van der Waals surface area contributed by atoms with Gasteiger partial charge in [0.1, 0.15) is 0 Å². The van der Waals surface area contributed by atoms with E-state index in [4.69, 9.17) is 0 Å². The maximum atomic E-state index is 13.0. The highest BCUT2D eigenvalue weighted by Crippen LogP contribution is 2.17. The molecule has 126 valence electrons. The number of pyridine rings is 1. The standard InChI is InChI=1S/C21H16N4O/c1-15-8-10-16(11-9-15)13-23-25-20(17-5-4-12-22-14-17)24-19-7-3-2-6-18(19)21(25)26/h2-14H,1H3/b23-13+. The Morgan fingerprint density at radius 2 is 1.81 bits per heavy atom. The molecule has 0 unspecified atom stereocenters. The lowest BCUT2D eigenvalue weighted by molar-refractivity contribution is 0.829. The van der Waals surface area contributed by atoms with Gasteiger partial charge in [-0.2, -0.15) is 9.78 Å². The maximum Gasteiger partial charge on any atom is 0.282 e. The van der Waals surface area contributed by atoms with E-state index in [0.717, 1.165) is 11.1 Å². The van der Waals surface area contributed by atoms with Crippen LogP contribution in [0.5, 0.6) is 0 Å². The summed E-state index contributed by atoms with van der Waals surface area (Å²) in [5, 5.41) is 4.95. The summed E-state index contributed by atoms with van der Waals surface area (Å²) >= 11 is 0. The van der Waals surface area contributed by atoms with E-state index in [-0.39, 0.29) is 5.56 Å². The van der Waals surface area contributed by atoms with Crippen LogP contribution in [-0.2, 0) is 0 Å². The van der Waals surface area contributed by atoms with Crippen molar-refractivity contribution in [3.63, 3.8) is 0 Å². The Morgan fingerprint density at radius 1 is 1.00 bits per heavy atom. The van der Waals surface area contributed by atoms with E-state index >= 15 is 0 Å². The number of benzene rings is 2. The van der Waals surface area contributed by atoms with Crippen molar-refractivity contribution in [2.45, 2.75) is 6.92 Å². The molecule has 0 aliphatic rings. The van der Waals surface area contributed by atoms with Crippen molar-refractivity contribution in [1.29, 1.82) is 0 Å². The third-order valence-corrected chi connectivity index (χ3v) is 4.07. The van der Waals surface area contributed by atoms with E-state index in [1.165, 1.54) is 10.2 Å². The lowest BCUT2D eigenvalue weighted by Crippen LogP contribution is -2.20. The molecule has 5 nitrogen and oxygen atoms in total. The molecule has 4 aromatic rings. The summed E-state index contributed by atoms with van der Waals surface area (Å²) in [6, 6.07) is 18.9. The number of rotatable bonds is 3. The van der Waals surface area contributed by atoms with Crippen LogP contribution in [-0.4, -0.2) is 20.9 Å². The van der Waals surface area contributed by atoms with Gasteiger partial charge in [-0.3, -0.25) is 9.78 Å². The molecule has 0 saturated heterocycles. The van der Waals surface area contributed by atoms with E-state index < -0.39 is 0 Å². The van der Waals surface area contributed by atoms with Crippen molar-refractivity contribution in [3.05, 3.63) is 94.5 Å². The van der Waals surface area contributed by atoms with Crippen LogP contribution in [0.2, 0.25) is 0 Å². The number of fused-ring (bicyclic) bond motifs is 1. The fourth-order valence-corrected chi connectivity index (χ4v) is 2.69. The molecule has 0 radical (unpaired) electrons. The summed E-state index contributed by atoms with van der Waals surface area (Å²) in [5.74, 6) is 0.463. The normalized spacial score (nSPS) is 11.3. The second-order valence-corrected chi connectivity index (χ2v) is 5.97. The predicted octanol–water partition coefficient (Wildman–Crippen LogP) is 3.65. The zero-order valence-corrected chi connectivity index (χ0v) is 14.2. The summed E-state index contributed by atoms with van der Waals surface area (Å²) in [6.07, 6.45) is 5.02. The molecular formula is C21H16N4O. The third-order valence-electron chi connectivity index (χ3n) is 4.07. The van der Waals surface area contributed by atoms with Crippen LogP contribution in [0.25, 0.3) is 22.3 Å². The molecule has 0 saturated carbocycles. The molecule has 4 rings (SSSR count). The molecule has 0 atom stereocenters. The minimum Gasteiger partial charge on any atom is -0.267 e. The largest absolute Gasteiger partial charge is 0.282 e. The summed E-state index contributed by atoms with van der Waals surface area (Å²) < 4.78 is 1.33. The minimum atomic E-state index is -0.210. The molecule has 0 amide bonds. The fraction of sp³-hybridized carbons (Fsp3) is 0.0476. The zero-order valence-electron chi connectivity index (χ0n) is 14.2. The predicted molar refractivity (Wildman–Crippen MR) is 103 cm³/mol. The zero-order chi connectivity index (χ0) is 17.9. The van der Waals surface area contributed by atoms with Crippen molar-refractivity contribution in [2.75, 3.05) is 0 Å². The van der Waals surface area contributed by atoms with E-state index in [9.17, 15) is 4.79 Å². The Kier molecular flexibility index (Phi) is 4.11. The Hall–Kier alpha value is -3.60. The second-order valence-electron chi connectivity index (χ2n) is 5.97. The lowest BCUT2D eigenvalue weighted by atomic mass is 10.2. The molecule has 2 heterocycles. The molecule has 0 N–H and O–H groups in total. The van der Waals surface area contributed by atoms with Crippen molar-refractivity contribution >= 4 is 17.1 Å². The Labute approximate surface area is 150 Å². The average Bonchev–Trinajstić information content (AvgIpc) is 2.69. The molecule has 0 aliphatic carbocycles. The van der Waals surface area contributed by atoms with Gasteiger partial charge in [-0.05, 0) is 36.8 Å². The van der Waals surface area contributed by atoms with Crippen LogP contribution in [0.1, 0.15) is 11.1 Å². The SMILES string of the molecule is Cc1ccc(/C=N/n2c(-c3cccnc3)nc3ccccc3c2=O)cc1. The van der Waals surface area contributed by atoms with Crippen molar-refractivity contribution in [3.8, 4) is 11.4 Å². The third kappa shape index (κ3) is 3.02. The van der Waals surface area contributed by atoms with Crippen molar-refractivity contribution < 1.29 is 0 Å². The molecule has 26 heavy (non-hydrogen) atoms. The first-order chi connectivity index (χ1) is 12.7. The highest BCUT2D eigenvalue weighted by atomic mass is 16.1. The Morgan fingerprint density at radius 3 is 2.58 bits per heavy atom. The summed E-state index contributed by atoms with van der Waals surface area (Å²) in [4.78, 5) is 21.8. The van der Waals surface area contributed by atoms with Gasteiger partial charge in [0, 0.05) is 18.0 Å². The highest BCUT2D eigenvalue weighted by Gasteiger charge is 2.12. The monoisotopic (exact) mass is 340 g/mol. The first kappa shape index (κ1) is 15.9. The average molecular weight is 340 g/mol. The second kappa shape index (κ2) is 6.72. The molecule has 2 aromatic carbocycles. The summed E-state index contributed by atoms with van der Waals surface area (Å²) in [5.41, 5.74) is 3.24. The number of aryl methyl sites for hydroxylation is 1. The van der Waals surface area contributed by atoms with E-state index in [1.807, 2.05) is 61.5 Å². The van der Waals surface area contributed by atoms with Gasteiger partial charge >= 0.3 is 0 Å². The van der Waals surface area contributed by atoms with Gasteiger partial charge in [0.25, 0.3) is 5.56 Å². The molecular weight excluding hydrogens is 324 g/mol. The number of aromatic nitrogens is 3. The molecule has 0 aliphatic heterocycles. The quantitative estimate of drug-likeness (QED) is 0.535. The number of hydrogen-bond donors (Lipinski definition) is 0. The Balaban J connectivity index is 1.92. The first-order valence-corrected chi connectivity index (χ1v) is 8.25. The highest BCUT2D eigenvalue weighted by molar-refractivity contribution is 5.81. The first-order valence-electron chi connectivity index (χ1n) is 8.25. The molecule has 5 heteroatoms. The summed E-state index contributed by atoms with van der Waals surface area (Å²) in [6.45, 7) is 2.03. The number of nitrogens with zero attached hydrogens (tertiary/aromatic N) is 4. The van der Waals surface area contributed by atoms with Crippen molar-refractivity contribution in [2.24, 2.45) is 5.10 Å². The van der Waals surface area contributed by atoms with Crippen LogP contribution in [0.3, 0.4) is 0 Å². The van der Waals surface area contributed by atoms with Crippen LogP contribution in [0.4, 0.5) is 0 Å². The smallest absolute Gasteiger partial charge is 0.267 e. The minimum absolute atomic E-state index is 0.210. The molecule has 0 fully saturated rings.